The third-order valence-corrected chi connectivity index (χ3v) is 11.8. The summed E-state index contributed by atoms with van der Waals surface area (Å²) in [4.78, 5) is 37.7. The SMILES string of the molecule is CCCCC/C=C\CCCCCCCC(=O)OC(COC(=O)CCCCCCCCC)COC(=O)CCCCCCCCCCCCCCCCCCCCCCCC. The fraction of sp³-hybridized carbons (Fsp3) is 0.906. The number of carbonyl (C=O) groups excluding carboxylic acids is 3. The molecule has 1 unspecified atom stereocenters. The first kappa shape index (κ1) is 57.1. The first-order valence-corrected chi connectivity index (χ1v) is 26.2. The number of hydrogen-bond acceptors (Lipinski definition) is 6. The van der Waals surface area contributed by atoms with Crippen molar-refractivity contribution in [2.24, 2.45) is 0 Å². The summed E-state index contributed by atoms with van der Waals surface area (Å²) < 4.78 is 16.7. The number of hydrogen-bond donors (Lipinski definition) is 0. The predicted molar refractivity (Wildman–Crippen MR) is 252 cm³/mol. The summed E-state index contributed by atoms with van der Waals surface area (Å²) in [5.41, 5.74) is 0. The molecule has 0 aliphatic carbocycles. The van der Waals surface area contributed by atoms with Crippen molar-refractivity contribution >= 4 is 17.9 Å². The van der Waals surface area contributed by atoms with Gasteiger partial charge in [0.05, 0.1) is 0 Å². The van der Waals surface area contributed by atoms with Crippen molar-refractivity contribution in [3.63, 3.8) is 0 Å². The highest BCUT2D eigenvalue weighted by Crippen LogP contribution is 2.17. The van der Waals surface area contributed by atoms with Gasteiger partial charge in [0.2, 0.25) is 0 Å². The topological polar surface area (TPSA) is 78.9 Å². The zero-order valence-corrected chi connectivity index (χ0v) is 39.8. The quantitative estimate of drug-likeness (QED) is 0.0263. The Labute approximate surface area is 367 Å². The Morgan fingerprint density at radius 1 is 0.322 bits per heavy atom. The molecule has 0 fully saturated rings. The second-order valence-electron chi connectivity index (χ2n) is 17.8. The van der Waals surface area contributed by atoms with Crippen molar-refractivity contribution in [2.45, 2.75) is 297 Å². The van der Waals surface area contributed by atoms with Crippen molar-refractivity contribution in [1.29, 1.82) is 0 Å². The van der Waals surface area contributed by atoms with Crippen LogP contribution in [0, 0.1) is 0 Å². The Morgan fingerprint density at radius 3 is 0.881 bits per heavy atom. The maximum absolute atomic E-state index is 12.7. The van der Waals surface area contributed by atoms with Crippen LogP contribution in [0.3, 0.4) is 0 Å². The van der Waals surface area contributed by atoms with E-state index < -0.39 is 6.10 Å². The van der Waals surface area contributed by atoms with E-state index in [1.807, 2.05) is 0 Å². The van der Waals surface area contributed by atoms with Gasteiger partial charge in [0.25, 0.3) is 0 Å². The molecule has 0 saturated heterocycles. The van der Waals surface area contributed by atoms with Crippen LogP contribution in [0.25, 0.3) is 0 Å². The monoisotopic (exact) mass is 833 g/mol. The molecule has 0 aliphatic heterocycles. The molecule has 0 aromatic heterocycles. The van der Waals surface area contributed by atoms with E-state index in [0.717, 1.165) is 64.2 Å². The first-order valence-electron chi connectivity index (χ1n) is 26.2. The second-order valence-corrected chi connectivity index (χ2v) is 17.8. The number of rotatable bonds is 48. The fourth-order valence-corrected chi connectivity index (χ4v) is 7.79. The highest BCUT2D eigenvalue weighted by molar-refractivity contribution is 5.71. The summed E-state index contributed by atoms with van der Waals surface area (Å²) in [6, 6.07) is 0. The Bertz CT molecular complexity index is 916. The smallest absolute Gasteiger partial charge is 0.306 e. The van der Waals surface area contributed by atoms with Gasteiger partial charge < -0.3 is 14.2 Å². The van der Waals surface area contributed by atoms with E-state index in [0.29, 0.717) is 19.3 Å². The van der Waals surface area contributed by atoms with Crippen molar-refractivity contribution in [1.82, 2.24) is 0 Å². The molecule has 348 valence electrons. The summed E-state index contributed by atoms with van der Waals surface area (Å²) in [5.74, 6) is -0.871. The van der Waals surface area contributed by atoms with E-state index in [9.17, 15) is 14.4 Å². The van der Waals surface area contributed by atoms with Gasteiger partial charge in [0.1, 0.15) is 13.2 Å². The zero-order valence-electron chi connectivity index (χ0n) is 39.8. The van der Waals surface area contributed by atoms with E-state index >= 15 is 0 Å². The van der Waals surface area contributed by atoms with Gasteiger partial charge in [-0.15, -0.1) is 0 Å². The molecule has 0 bridgehead atoms. The summed E-state index contributed by atoms with van der Waals surface area (Å²) in [6.07, 6.45) is 53.7. The molecule has 6 nitrogen and oxygen atoms in total. The second kappa shape index (κ2) is 48.8. The highest BCUT2D eigenvalue weighted by Gasteiger charge is 2.19. The number of unbranched alkanes of at least 4 members (excludes halogenated alkanes) is 35. The van der Waals surface area contributed by atoms with Gasteiger partial charge in [-0.05, 0) is 44.9 Å². The minimum atomic E-state index is -0.766. The standard InChI is InChI=1S/C53H100O6/c1-4-7-10-13-16-18-20-22-23-24-25-26-27-28-29-30-31-33-34-37-40-43-46-52(55)58-49-50(48-57-51(54)45-42-39-36-15-12-9-6-3)59-53(56)47-44-41-38-35-32-21-19-17-14-11-8-5-2/h17,19,50H,4-16,18,20-49H2,1-3H3/b19-17-. The van der Waals surface area contributed by atoms with Crippen LogP contribution in [0.1, 0.15) is 290 Å². The Morgan fingerprint density at radius 2 is 0.559 bits per heavy atom. The number of carbonyl (C=O) groups is 3. The molecule has 0 aromatic carbocycles. The lowest BCUT2D eigenvalue weighted by atomic mass is 10.0. The minimum Gasteiger partial charge on any atom is -0.462 e. The average molecular weight is 833 g/mol. The van der Waals surface area contributed by atoms with E-state index in [2.05, 4.69) is 32.9 Å². The Balaban J connectivity index is 4.11. The Kier molecular flexibility index (Phi) is 47.3. The maximum atomic E-state index is 12.7. The van der Waals surface area contributed by atoms with Crippen LogP contribution in [-0.2, 0) is 28.6 Å². The number of esters is 3. The predicted octanol–water partition coefficient (Wildman–Crippen LogP) is 17.0. The van der Waals surface area contributed by atoms with Crippen LogP contribution in [-0.4, -0.2) is 37.2 Å². The normalized spacial score (nSPS) is 12.0. The minimum absolute atomic E-state index is 0.0689. The summed E-state index contributed by atoms with van der Waals surface area (Å²) in [5, 5.41) is 0. The van der Waals surface area contributed by atoms with Gasteiger partial charge in [-0.3, -0.25) is 14.4 Å². The number of ether oxygens (including phenoxy) is 3. The molecular formula is C53H100O6. The molecule has 59 heavy (non-hydrogen) atoms. The van der Waals surface area contributed by atoms with Crippen LogP contribution >= 0.6 is 0 Å². The van der Waals surface area contributed by atoms with Gasteiger partial charge in [0, 0.05) is 19.3 Å². The molecule has 0 N–H and O–H groups in total. The van der Waals surface area contributed by atoms with Crippen molar-refractivity contribution in [2.75, 3.05) is 13.2 Å². The van der Waals surface area contributed by atoms with Crippen molar-refractivity contribution < 1.29 is 28.6 Å². The molecule has 0 amide bonds. The van der Waals surface area contributed by atoms with Gasteiger partial charge in [-0.1, -0.05) is 238 Å². The maximum Gasteiger partial charge on any atom is 0.306 e. The van der Waals surface area contributed by atoms with Crippen molar-refractivity contribution in [3.05, 3.63) is 12.2 Å². The summed E-state index contributed by atoms with van der Waals surface area (Å²) in [6.45, 7) is 6.60. The third kappa shape index (κ3) is 47.1. The highest BCUT2D eigenvalue weighted by atomic mass is 16.6. The fourth-order valence-electron chi connectivity index (χ4n) is 7.79. The summed E-state index contributed by atoms with van der Waals surface area (Å²) in [7, 11) is 0. The molecule has 0 aliphatic rings. The van der Waals surface area contributed by atoms with E-state index in [1.165, 1.54) is 186 Å². The Hall–Kier alpha value is -1.85. The largest absolute Gasteiger partial charge is 0.462 e. The van der Waals surface area contributed by atoms with E-state index in [1.54, 1.807) is 0 Å². The molecule has 0 heterocycles. The van der Waals surface area contributed by atoms with Gasteiger partial charge >= 0.3 is 17.9 Å². The third-order valence-electron chi connectivity index (χ3n) is 11.8. The number of allylic oxidation sites excluding steroid dienone is 2. The molecular weight excluding hydrogens is 733 g/mol. The van der Waals surface area contributed by atoms with E-state index in [4.69, 9.17) is 14.2 Å². The van der Waals surface area contributed by atoms with Gasteiger partial charge in [-0.25, -0.2) is 0 Å². The van der Waals surface area contributed by atoms with E-state index in [-0.39, 0.29) is 31.1 Å². The molecule has 1 atom stereocenters. The lowest BCUT2D eigenvalue weighted by molar-refractivity contribution is -0.167. The summed E-state index contributed by atoms with van der Waals surface area (Å²) >= 11 is 0. The first-order chi connectivity index (χ1) is 29.0. The molecule has 6 heteroatoms. The molecule has 0 rings (SSSR count). The van der Waals surface area contributed by atoms with Crippen molar-refractivity contribution in [3.8, 4) is 0 Å². The van der Waals surface area contributed by atoms with Gasteiger partial charge in [0.15, 0.2) is 6.10 Å². The molecule has 0 radical (unpaired) electrons. The van der Waals surface area contributed by atoms with Gasteiger partial charge in [-0.2, -0.15) is 0 Å². The molecule has 0 spiro atoms. The van der Waals surface area contributed by atoms with Crippen LogP contribution < -0.4 is 0 Å². The lowest BCUT2D eigenvalue weighted by Crippen LogP contribution is -2.30. The zero-order chi connectivity index (χ0) is 43.0. The average Bonchev–Trinajstić information content (AvgIpc) is 3.23. The molecule has 0 saturated carbocycles. The van der Waals surface area contributed by atoms with Crippen LogP contribution in [0.15, 0.2) is 12.2 Å². The van der Waals surface area contributed by atoms with Crippen LogP contribution in [0.5, 0.6) is 0 Å². The van der Waals surface area contributed by atoms with Crippen LogP contribution in [0.2, 0.25) is 0 Å². The van der Waals surface area contributed by atoms with Crippen LogP contribution in [0.4, 0.5) is 0 Å². The molecule has 0 aromatic rings. The lowest BCUT2D eigenvalue weighted by Gasteiger charge is -2.18.